The number of hydrogen-bond donors (Lipinski definition) is 1. The average Bonchev–Trinajstić information content (AvgIpc) is 2.86. The van der Waals surface area contributed by atoms with E-state index in [1.807, 2.05) is 6.20 Å². The van der Waals surface area contributed by atoms with Gasteiger partial charge in [-0.25, -0.2) is 4.98 Å². The Morgan fingerprint density at radius 3 is 3.17 bits per heavy atom. The highest BCUT2D eigenvalue weighted by atomic mass is 79.9. The van der Waals surface area contributed by atoms with Crippen LogP contribution in [0, 0.1) is 11.8 Å². The van der Waals surface area contributed by atoms with Crippen molar-refractivity contribution in [1.29, 1.82) is 0 Å². The van der Waals surface area contributed by atoms with Crippen molar-refractivity contribution in [3.05, 3.63) is 28.5 Å². The van der Waals surface area contributed by atoms with Gasteiger partial charge in [0.2, 0.25) is 0 Å². The van der Waals surface area contributed by atoms with Crippen molar-refractivity contribution in [2.45, 2.75) is 12.8 Å². The Morgan fingerprint density at radius 1 is 1.44 bits per heavy atom. The van der Waals surface area contributed by atoms with E-state index in [9.17, 15) is 0 Å². The maximum absolute atomic E-state index is 5.31. The molecule has 0 radical (unpaired) electrons. The summed E-state index contributed by atoms with van der Waals surface area (Å²) >= 11 is 3.39. The van der Waals surface area contributed by atoms with Crippen LogP contribution in [-0.4, -0.2) is 25.2 Å². The van der Waals surface area contributed by atoms with Gasteiger partial charge in [-0.3, -0.25) is 0 Å². The quantitative estimate of drug-likeness (QED) is 0.853. The number of ether oxygens (including phenoxy) is 1. The van der Waals surface area contributed by atoms with Crippen LogP contribution in [0.25, 0.3) is 5.57 Å². The number of aromatic nitrogens is 1. The molecule has 1 saturated heterocycles. The molecule has 1 N–H and O–H groups in total. The molecule has 0 aromatic carbocycles. The highest BCUT2D eigenvalue weighted by Crippen LogP contribution is 2.37. The first-order chi connectivity index (χ1) is 8.78. The molecule has 0 spiro atoms. The summed E-state index contributed by atoms with van der Waals surface area (Å²) in [6.45, 7) is 2.30. The normalized spacial score (nSPS) is 26.7. The van der Waals surface area contributed by atoms with E-state index in [4.69, 9.17) is 4.74 Å². The molecular weight excluding hydrogens is 292 g/mol. The molecule has 3 rings (SSSR count). The molecule has 1 aliphatic heterocycles. The third-order valence-corrected chi connectivity index (χ3v) is 4.58. The van der Waals surface area contributed by atoms with Gasteiger partial charge < -0.3 is 10.1 Å². The summed E-state index contributed by atoms with van der Waals surface area (Å²) in [4.78, 5) is 4.35. The minimum absolute atomic E-state index is 0.698. The fourth-order valence-electron chi connectivity index (χ4n) is 2.93. The topological polar surface area (TPSA) is 34.1 Å². The zero-order chi connectivity index (χ0) is 12.5. The van der Waals surface area contributed by atoms with Gasteiger partial charge in [0.05, 0.1) is 7.11 Å². The second-order valence-corrected chi connectivity index (χ2v) is 5.78. The van der Waals surface area contributed by atoms with E-state index < -0.39 is 0 Å². The van der Waals surface area contributed by atoms with Crippen LogP contribution >= 0.6 is 15.9 Å². The highest BCUT2D eigenvalue weighted by molar-refractivity contribution is 9.10. The molecule has 2 unspecified atom stereocenters. The van der Waals surface area contributed by atoms with Crippen LogP contribution in [0.2, 0.25) is 0 Å². The number of fused-ring (bicyclic) bond motifs is 1. The molecule has 0 amide bonds. The van der Waals surface area contributed by atoms with Gasteiger partial charge in [-0.05, 0) is 64.4 Å². The minimum atomic E-state index is 0.698. The first kappa shape index (κ1) is 12.2. The van der Waals surface area contributed by atoms with Gasteiger partial charge in [0, 0.05) is 12.7 Å². The van der Waals surface area contributed by atoms with Crippen LogP contribution in [-0.2, 0) is 0 Å². The van der Waals surface area contributed by atoms with Crippen LogP contribution in [0.1, 0.15) is 18.4 Å². The van der Waals surface area contributed by atoms with Crippen molar-refractivity contribution in [3.63, 3.8) is 0 Å². The van der Waals surface area contributed by atoms with Crippen molar-refractivity contribution in [3.8, 4) is 5.75 Å². The fourth-order valence-corrected chi connectivity index (χ4v) is 3.31. The molecule has 18 heavy (non-hydrogen) atoms. The maximum Gasteiger partial charge on any atom is 0.152 e. The number of pyridine rings is 1. The van der Waals surface area contributed by atoms with Crippen molar-refractivity contribution < 1.29 is 4.74 Å². The number of hydrogen-bond acceptors (Lipinski definition) is 3. The third kappa shape index (κ3) is 2.19. The van der Waals surface area contributed by atoms with E-state index in [1.54, 1.807) is 7.11 Å². The van der Waals surface area contributed by atoms with Gasteiger partial charge in [-0.2, -0.15) is 0 Å². The van der Waals surface area contributed by atoms with Gasteiger partial charge in [-0.15, -0.1) is 0 Å². The van der Waals surface area contributed by atoms with Gasteiger partial charge in [0.15, 0.2) is 5.75 Å². The van der Waals surface area contributed by atoms with Gasteiger partial charge in [0.25, 0.3) is 0 Å². The summed E-state index contributed by atoms with van der Waals surface area (Å²) in [5.74, 6) is 2.34. The van der Waals surface area contributed by atoms with Crippen LogP contribution in [0.4, 0.5) is 0 Å². The molecule has 1 aliphatic carbocycles. The standard InChI is InChI=1S/C14H17BrN2O/c1-18-13-5-12(8-17-14(13)15)9-2-3-10-6-16-7-11(10)4-9/h4-5,8,10-11,16H,2-3,6-7H2,1H3. The smallest absolute Gasteiger partial charge is 0.152 e. The molecule has 0 bridgehead atoms. The van der Waals surface area contributed by atoms with E-state index >= 15 is 0 Å². The lowest BCUT2D eigenvalue weighted by Crippen LogP contribution is -2.15. The number of nitrogens with zero attached hydrogens (tertiary/aromatic N) is 1. The van der Waals surface area contributed by atoms with Crippen LogP contribution in [0.5, 0.6) is 5.75 Å². The Kier molecular flexibility index (Phi) is 3.39. The zero-order valence-corrected chi connectivity index (χ0v) is 12.0. The predicted molar refractivity (Wildman–Crippen MR) is 75.5 cm³/mol. The molecule has 4 heteroatoms. The molecular formula is C14H17BrN2O. The zero-order valence-electron chi connectivity index (χ0n) is 10.4. The second-order valence-electron chi connectivity index (χ2n) is 5.03. The first-order valence-electron chi connectivity index (χ1n) is 6.39. The van der Waals surface area contributed by atoms with Crippen molar-refractivity contribution in [1.82, 2.24) is 10.3 Å². The molecule has 1 fully saturated rings. The number of methoxy groups -OCH3 is 1. The van der Waals surface area contributed by atoms with Crippen molar-refractivity contribution in [2.24, 2.45) is 11.8 Å². The average molecular weight is 309 g/mol. The highest BCUT2D eigenvalue weighted by Gasteiger charge is 2.29. The Bertz CT molecular complexity index is 487. The lowest BCUT2D eigenvalue weighted by atomic mass is 9.81. The molecule has 2 heterocycles. The molecule has 1 aromatic heterocycles. The van der Waals surface area contributed by atoms with E-state index in [0.717, 1.165) is 29.2 Å². The van der Waals surface area contributed by atoms with Gasteiger partial charge >= 0.3 is 0 Å². The largest absolute Gasteiger partial charge is 0.494 e. The third-order valence-electron chi connectivity index (χ3n) is 3.99. The van der Waals surface area contributed by atoms with E-state index in [2.05, 4.69) is 38.4 Å². The van der Waals surface area contributed by atoms with Crippen LogP contribution < -0.4 is 10.1 Å². The number of halogens is 1. The summed E-state index contributed by atoms with van der Waals surface area (Å²) in [6, 6.07) is 2.08. The lowest BCUT2D eigenvalue weighted by Gasteiger charge is -2.23. The van der Waals surface area contributed by atoms with Gasteiger partial charge in [0.1, 0.15) is 4.60 Å². The molecule has 0 saturated carbocycles. The van der Waals surface area contributed by atoms with Crippen molar-refractivity contribution in [2.75, 3.05) is 20.2 Å². The summed E-state index contributed by atoms with van der Waals surface area (Å²) in [5, 5.41) is 3.48. The van der Waals surface area contributed by atoms with Gasteiger partial charge in [-0.1, -0.05) is 6.08 Å². The van der Waals surface area contributed by atoms with Crippen molar-refractivity contribution >= 4 is 21.5 Å². The Hall–Kier alpha value is -0.870. The Labute approximate surface area is 116 Å². The molecule has 96 valence electrons. The lowest BCUT2D eigenvalue weighted by molar-refractivity contribution is 0.409. The predicted octanol–water partition coefficient (Wildman–Crippen LogP) is 2.87. The van der Waals surface area contributed by atoms with E-state index in [1.165, 1.54) is 24.1 Å². The number of allylic oxidation sites excluding steroid dienone is 1. The Balaban J connectivity index is 1.90. The Morgan fingerprint density at radius 2 is 2.33 bits per heavy atom. The van der Waals surface area contributed by atoms with Crippen LogP contribution in [0.3, 0.4) is 0 Å². The molecule has 1 aromatic rings. The molecule has 2 atom stereocenters. The maximum atomic E-state index is 5.31. The summed E-state index contributed by atoms with van der Waals surface area (Å²) < 4.78 is 6.08. The summed E-state index contributed by atoms with van der Waals surface area (Å²) in [6.07, 6.45) is 6.79. The number of nitrogens with one attached hydrogen (secondary N) is 1. The second kappa shape index (κ2) is 5.02. The SMILES string of the molecule is COc1cc(C2=CC3CNCC3CC2)cnc1Br. The summed E-state index contributed by atoms with van der Waals surface area (Å²) in [7, 11) is 1.68. The van der Waals surface area contributed by atoms with Crippen LogP contribution in [0.15, 0.2) is 22.9 Å². The van der Waals surface area contributed by atoms with E-state index in [-0.39, 0.29) is 0 Å². The monoisotopic (exact) mass is 308 g/mol. The molecule has 3 nitrogen and oxygen atoms in total. The first-order valence-corrected chi connectivity index (χ1v) is 7.18. The number of rotatable bonds is 2. The molecule has 2 aliphatic rings. The fraction of sp³-hybridized carbons (Fsp3) is 0.500. The van der Waals surface area contributed by atoms with E-state index in [0.29, 0.717) is 5.92 Å². The minimum Gasteiger partial charge on any atom is -0.494 e. The summed E-state index contributed by atoms with van der Waals surface area (Å²) in [5.41, 5.74) is 2.61.